The number of nitrogens with zero attached hydrogens (tertiary/aromatic N) is 3. The minimum absolute atomic E-state index is 0.00843. The molecule has 0 saturated heterocycles. The van der Waals surface area contributed by atoms with Gasteiger partial charge < -0.3 is 19.9 Å². The minimum atomic E-state index is -0.109. The summed E-state index contributed by atoms with van der Waals surface area (Å²) in [5, 5.41) is 12.3. The molecule has 0 fully saturated rings. The Morgan fingerprint density at radius 2 is 1.67 bits per heavy atom. The van der Waals surface area contributed by atoms with Crippen molar-refractivity contribution in [3.05, 3.63) is 0 Å². The van der Waals surface area contributed by atoms with Crippen molar-refractivity contribution in [3.8, 4) is 12.0 Å². The average molecular weight is 256 g/mol. The Labute approximate surface area is 107 Å². The molecule has 0 bridgehead atoms. The second-order valence-electron chi connectivity index (χ2n) is 4.29. The molecule has 0 amide bonds. The van der Waals surface area contributed by atoms with E-state index < -0.39 is 0 Å². The van der Waals surface area contributed by atoms with Crippen LogP contribution in [-0.2, 0) is 0 Å². The van der Waals surface area contributed by atoms with Gasteiger partial charge in [-0.05, 0) is 12.3 Å². The van der Waals surface area contributed by atoms with Crippen molar-refractivity contribution in [1.29, 1.82) is 0 Å². The molecule has 1 heterocycles. The SMILES string of the molecule is COc1nc(NC(CO)CC(C)C)nc(OC)n1. The number of rotatable bonds is 7. The van der Waals surface area contributed by atoms with Crippen LogP contribution in [-0.4, -0.2) is 46.9 Å². The van der Waals surface area contributed by atoms with Gasteiger partial charge in [-0.25, -0.2) is 0 Å². The highest BCUT2D eigenvalue weighted by Gasteiger charge is 2.13. The molecule has 1 atom stereocenters. The number of anilines is 1. The molecule has 1 aromatic heterocycles. The topological polar surface area (TPSA) is 89.4 Å². The summed E-state index contributed by atoms with van der Waals surface area (Å²) in [6.07, 6.45) is 0.812. The van der Waals surface area contributed by atoms with Gasteiger partial charge in [0.05, 0.1) is 26.9 Å². The maximum absolute atomic E-state index is 9.29. The van der Waals surface area contributed by atoms with Crippen LogP contribution in [0.1, 0.15) is 20.3 Å². The van der Waals surface area contributed by atoms with Gasteiger partial charge in [-0.1, -0.05) is 13.8 Å². The van der Waals surface area contributed by atoms with Crippen LogP contribution in [0.15, 0.2) is 0 Å². The molecular formula is C11H20N4O3. The Kier molecular flexibility index (Phi) is 5.57. The summed E-state index contributed by atoms with van der Waals surface area (Å²) in [6.45, 7) is 4.17. The first-order valence-electron chi connectivity index (χ1n) is 5.80. The van der Waals surface area contributed by atoms with Crippen molar-refractivity contribution in [2.45, 2.75) is 26.3 Å². The third kappa shape index (κ3) is 4.33. The number of methoxy groups -OCH3 is 2. The molecule has 1 rings (SSSR count). The average Bonchev–Trinajstić information content (AvgIpc) is 2.36. The van der Waals surface area contributed by atoms with E-state index in [-0.39, 0.29) is 24.7 Å². The van der Waals surface area contributed by atoms with E-state index in [2.05, 4.69) is 34.1 Å². The monoisotopic (exact) mass is 256 g/mol. The van der Waals surface area contributed by atoms with Crippen LogP contribution in [0.25, 0.3) is 0 Å². The molecule has 0 aliphatic heterocycles. The molecule has 0 aliphatic carbocycles. The lowest BCUT2D eigenvalue weighted by Crippen LogP contribution is -2.26. The zero-order valence-corrected chi connectivity index (χ0v) is 11.2. The summed E-state index contributed by atoms with van der Waals surface area (Å²) < 4.78 is 9.90. The maximum Gasteiger partial charge on any atom is 0.324 e. The van der Waals surface area contributed by atoms with Gasteiger partial charge in [-0.15, -0.1) is 4.98 Å². The predicted molar refractivity (Wildman–Crippen MR) is 66.9 cm³/mol. The predicted octanol–water partition coefficient (Wildman–Crippen LogP) is 0.708. The smallest absolute Gasteiger partial charge is 0.324 e. The van der Waals surface area contributed by atoms with Crippen molar-refractivity contribution < 1.29 is 14.6 Å². The first kappa shape index (κ1) is 14.4. The number of aliphatic hydroxyl groups is 1. The fourth-order valence-corrected chi connectivity index (χ4v) is 1.52. The van der Waals surface area contributed by atoms with Crippen LogP contribution < -0.4 is 14.8 Å². The normalized spacial score (nSPS) is 12.3. The van der Waals surface area contributed by atoms with E-state index in [4.69, 9.17) is 9.47 Å². The maximum atomic E-state index is 9.29. The number of aromatic nitrogens is 3. The van der Waals surface area contributed by atoms with Gasteiger partial charge in [-0.3, -0.25) is 0 Å². The quantitative estimate of drug-likeness (QED) is 0.742. The highest BCUT2D eigenvalue weighted by Crippen LogP contribution is 2.14. The number of ether oxygens (including phenoxy) is 2. The highest BCUT2D eigenvalue weighted by molar-refractivity contribution is 5.29. The zero-order valence-electron chi connectivity index (χ0n) is 11.2. The van der Waals surface area contributed by atoms with Gasteiger partial charge in [0.25, 0.3) is 0 Å². The third-order valence-corrected chi connectivity index (χ3v) is 2.27. The molecule has 0 aliphatic rings. The molecular weight excluding hydrogens is 236 g/mol. The summed E-state index contributed by atoms with van der Waals surface area (Å²) >= 11 is 0. The van der Waals surface area contributed by atoms with E-state index in [1.165, 1.54) is 14.2 Å². The Balaban J connectivity index is 2.81. The molecule has 102 valence electrons. The Bertz CT molecular complexity index is 351. The Morgan fingerprint density at radius 1 is 1.11 bits per heavy atom. The van der Waals surface area contributed by atoms with Gasteiger partial charge in [0, 0.05) is 0 Å². The fraction of sp³-hybridized carbons (Fsp3) is 0.727. The van der Waals surface area contributed by atoms with Crippen LogP contribution in [0.3, 0.4) is 0 Å². The van der Waals surface area contributed by atoms with Gasteiger partial charge in [-0.2, -0.15) is 9.97 Å². The number of hydrogen-bond acceptors (Lipinski definition) is 7. The van der Waals surface area contributed by atoms with Crippen LogP contribution in [0, 0.1) is 5.92 Å². The summed E-state index contributed by atoms with van der Waals surface area (Å²) in [7, 11) is 2.94. The van der Waals surface area contributed by atoms with Gasteiger partial charge >= 0.3 is 12.0 Å². The standard InChI is InChI=1S/C11H20N4O3/c1-7(2)5-8(6-16)12-9-13-10(17-3)15-11(14-9)18-4/h7-8,16H,5-6H2,1-4H3,(H,12,13,14,15). The third-order valence-electron chi connectivity index (χ3n) is 2.27. The molecule has 1 unspecified atom stereocenters. The first-order valence-corrected chi connectivity index (χ1v) is 5.80. The largest absolute Gasteiger partial charge is 0.467 e. The van der Waals surface area contributed by atoms with Crippen LogP contribution in [0.4, 0.5) is 5.95 Å². The summed E-state index contributed by atoms with van der Waals surface area (Å²) in [4.78, 5) is 12.0. The zero-order chi connectivity index (χ0) is 13.5. The first-order chi connectivity index (χ1) is 8.58. The molecule has 0 aromatic carbocycles. The molecule has 7 nitrogen and oxygen atoms in total. The summed E-state index contributed by atoms with van der Waals surface area (Å²) in [5.41, 5.74) is 0. The van der Waals surface area contributed by atoms with E-state index in [9.17, 15) is 5.11 Å². The van der Waals surface area contributed by atoms with E-state index >= 15 is 0 Å². The molecule has 1 aromatic rings. The van der Waals surface area contributed by atoms with Crippen LogP contribution >= 0.6 is 0 Å². The summed E-state index contributed by atoms with van der Waals surface area (Å²) in [5.74, 6) is 0.790. The number of nitrogens with one attached hydrogen (secondary N) is 1. The Morgan fingerprint density at radius 3 is 2.06 bits per heavy atom. The molecule has 7 heteroatoms. The molecule has 18 heavy (non-hydrogen) atoms. The van der Waals surface area contributed by atoms with Crippen molar-refractivity contribution in [2.75, 3.05) is 26.1 Å². The molecule has 2 N–H and O–H groups in total. The lowest BCUT2D eigenvalue weighted by Gasteiger charge is -2.18. The van der Waals surface area contributed by atoms with E-state index in [0.717, 1.165) is 6.42 Å². The minimum Gasteiger partial charge on any atom is -0.467 e. The Hall–Kier alpha value is -1.63. The van der Waals surface area contributed by atoms with E-state index in [1.54, 1.807) is 0 Å². The second kappa shape index (κ2) is 6.95. The number of hydrogen-bond donors (Lipinski definition) is 2. The van der Waals surface area contributed by atoms with E-state index in [0.29, 0.717) is 11.9 Å². The fourth-order valence-electron chi connectivity index (χ4n) is 1.52. The van der Waals surface area contributed by atoms with Crippen LogP contribution in [0.2, 0.25) is 0 Å². The van der Waals surface area contributed by atoms with Gasteiger partial charge in [0.2, 0.25) is 5.95 Å². The highest BCUT2D eigenvalue weighted by atomic mass is 16.5. The second-order valence-corrected chi connectivity index (χ2v) is 4.29. The molecule has 0 saturated carbocycles. The molecule has 0 spiro atoms. The lowest BCUT2D eigenvalue weighted by atomic mass is 10.0. The van der Waals surface area contributed by atoms with Crippen molar-refractivity contribution in [3.63, 3.8) is 0 Å². The van der Waals surface area contributed by atoms with Crippen LogP contribution in [0.5, 0.6) is 12.0 Å². The summed E-state index contributed by atoms with van der Waals surface area (Å²) in [6, 6.07) is 0.234. The van der Waals surface area contributed by atoms with Crippen molar-refractivity contribution in [2.24, 2.45) is 5.92 Å². The van der Waals surface area contributed by atoms with Crippen molar-refractivity contribution in [1.82, 2.24) is 15.0 Å². The van der Waals surface area contributed by atoms with Crippen molar-refractivity contribution >= 4 is 5.95 Å². The van der Waals surface area contributed by atoms with E-state index in [1.807, 2.05) is 0 Å². The van der Waals surface area contributed by atoms with Gasteiger partial charge in [0.15, 0.2) is 0 Å². The number of aliphatic hydroxyl groups excluding tert-OH is 1. The lowest BCUT2D eigenvalue weighted by molar-refractivity contribution is 0.258. The molecule has 0 radical (unpaired) electrons. The van der Waals surface area contributed by atoms with Gasteiger partial charge in [0.1, 0.15) is 0 Å².